The molecule has 3 aromatic rings. The molecule has 1 aromatic carbocycles. The molecule has 3 heterocycles. The second-order valence-electron chi connectivity index (χ2n) is 7.57. The predicted molar refractivity (Wildman–Crippen MR) is 118 cm³/mol. The molecule has 1 fully saturated rings. The second kappa shape index (κ2) is 8.74. The Morgan fingerprint density at radius 1 is 1.32 bits per heavy atom. The quantitative estimate of drug-likeness (QED) is 0.629. The maximum absolute atomic E-state index is 12.7. The first-order valence-electron chi connectivity index (χ1n) is 9.93. The van der Waals surface area contributed by atoms with Crippen LogP contribution in [0.15, 0.2) is 45.4 Å². The van der Waals surface area contributed by atoms with Crippen molar-refractivity contribution in [3.05, 3.63) is 47.3 Å². The van der Waals surface area contributed by atoms with E-state index in [1.54, 1.807) is 18.2 Å². The molecule has 1 amide bonds. The van der Waals surface area contributed by atoms with Gasteiger partial charge in [0.1, 0.15) is 6.07 Å². The van der Waals surface area contributed by atoms with Crippen molar-refractivity contribution in [1.82, 2.24) is 4.98 Å². The summed E-state index contributed by atoms with van der Waals surface area (Å²) >= 11 is 6.30. The average molecular weight is 440 g/mol. The van der Waals surface area contributed by atoms with Gasteiger partial charge in [-0.3, -0.25) is 4.79 Å². The van der Waals surface area contributed by atoms with Gasteiger partial charge in [0.15, 0.2) is 5.76 Å². The van der Waals surface area contributed by atoms with E-state index in [2.05, 4.69) is 16.4 Å². The highest BCUT2D eigenvalue weighted by molar-refractivity contribution is 6.33. The van der Waals surface area contributed by atoms with Gasteiger partial charge in [0.05, 0.1) is 17.0 Å². The van der Waals surface area contributed by atoms with Gasteiger partial charge in [0, 0.05) is 38.8 Å². The Labute approximate surface area is 185 Å². The van der Waals surface area contributed by atoms with Crippen molar-refractivity contribution in [2.75, 3.05) is 42.3 Å². The number of hydrogen-bond donors (Lipinski definition) is 1. The molecule has 0 radical (unpaired) electrons. The van der Waals surface area contributed by atoms with Crippen molar-refractivity contribution in [1.29, 1.82) is 5.26 Å². The Hall–Kier alpha value is -3.44. The predicted octanol–water partition coefficient (Wildman–Crippen LogP) is 4.38. The maximum Gasteiger partial charge on any atom is 0.266 e. The molecule has 4 rings (SSSR count). The summed E-state index contributed by atoms with van der Waals surface area (Å²) in [6.07, 6.45) is 2.80. The first-order valence-corrected chi connectivity index (χ1v) is 10.3. The molecule has 1 N–H and O–H groups in total. The smallest absolute Gasteiger partial charge is 0.266 e. The summed E-state index contributed by atoms with van der Waals surface area (Å²) in [6.45, 7) is 1.17. The molecule has 160 valence electrons. The van der Waals surface area contributed by atoms with Gasteiger partial charge in [0.25, 0.3) is 5.89 Å². The van der Waals surface area contributed by atoms with Crippen LogP contribution in [0.25, 0.3) is 11.7 Å². The van der Waals surface area contributed by atoms with Crippen molar-refractivity contribution >= 4 is 34.8 Å². The van der Waals surface area contributed by atoms with Crippen LogP contribution in [0.5, 0.6) is 0 Å². The van der Waals surface area contributed by atoms with Crippen LogP contribution in [0.2, 0.25) is 5.02 Å². The van der Waals surface area contributed by atoms with Gasteiger partial charge in [-0.15, -0.1) is 0 Å². The third-order valence-electron chi connectivity index (χ3n) is 5.30. The second-order valence-corrected chi connectivity index (χ2v) is 7.98. The van der Waals surface area contributed by atoms with Crippen LogP contribution < -0.4 is 15.1 Å². The van der Waals surface area contributed by atoms with Crippen molar-refractivity contribution in [2.24, 2.45) is 5.92 Å². The minimum absolute atomic E-state index is 0.0392. The van der Waals surface area contributed by atoms with E-state index < -0.39 is 0 Å². The highest BCUT2D eigenvalue weighted by Gasteiger charge is 2.29. The lowest BCUT2D eigenvalue weighted by atomic mass is 9.96. The molecule has 0 bridgehead atoms. The maximum atomic E-state index is 12.7. The first kappa shape index (κ1) is 20.8. The number of anilines is 3. The van der Waals surface area contributed by atoms with Crippen LogP contribution in [-0.4, -0.2) is 38.1 Å². The molecule has 0 spiro atoms. The number of benzene rings is 1. The first-order chi connectivity index (χ1) is 15.0. The zero-order valence-corrected chi connectivity index (χ0v) is 18.0. The van der Waals surface area contributed by atoms with E-state index in [4.69, 9.17) is 20.4 Å². The minimum atomic E-state index is -0.137. The molecular formula is C22H22ClN5O3. The summed E-state index contributed by atoms with van der Waals surface area (Å²) in [5.74, 6) is 0.980. The number of rotatable bonds is 5. The lowest BCUT2D eigenvalue weighted by Gasteiger charge is -2.31. The normalized spacial score (nSPS) is 14.3. The van der Waals surface area contributed by atoms with E-state index in [1.165, 1.54) is 6.26 Å². The molecule has 31 heavy (non-hydrogen) atoms. The molecule has 9 heteroatoms. The highest BCUT2D eigenvalue weighted by Crippen LogP contribution is 2.32. The van der Waals surface area contributed by atoms with E-state index in [9.17, 15) is 10.1 Å². The Balaban J connectivity index is 1.39. The molecule has 0 aliphatic carbocycles. The summed E-state index contributed by atoms with van der Waals surface area (Å²) < 4.78 is 11.1. The van der Waals surface area contributed by atoms with Gasteiger partial charge in [-0.05, 0) is 43.2 Å². The van der Waals surface area contributed by atoms with Gasteiger partial charge in [-0.1, -0.05) is 11.6 Å². The largest absolute Gasteiger partial charge is 0.459 e. The van der Waals surface area contributed by atoms with Gasteiger partial charge >= 0.3 is 0 Å². The third-order valence-corrected chi connectivity index (χ3v) is 5.60. The number of nitriles is 1. The summed E-state index contributed by atoms with van der Waals surface area (Å²) in [5, 5.41) is 13.0. The molecular weight excluding hydrogens is 418 g/mol. The van der Waals surface area contributed by atoms with Gasteiger partial charge < -0.3 is 24.0 Å². The minimum Gasteiger partial charge on any atom is -0.459 e. The monoisotopic (exact) mass is 439 g/mol. The van der Waals surface area contributed by atoms with Crippen molar-refractivity contribution in [3.63, 3.8) is 0 Å². The molecule has 1 aliphatic rings. The van der Waals surface area contributed by atoms with E-state index in [-0.39, 0.29) is 23.4 Å². The number of carbonyl (C=O) groups excluding carboxylic acids is 1. The summed E-state index contributed by atoms with van der Waals surface area (Å²) in [5.41, 5.74) is 1.78. The SMILES string of the molecule is CN(C)c1ccc(NC(=O)C2CCN(c3oc(-c4ccco4)nc3C#N)CC2)cc1Cl. The fraction of sp³-hybridized carbons (Fsp3) is 0.318. The molecule has 2 aromatic heterocycles. The molecule has 1 saturated heterocycles. The number of aromatic nitrogens is 1. The standard InChI is InChI=1S/C22H22ClN5O3/c1-27(2)18-6-5-15(12-16(18)23)25-20(29)14-7-9-28(10-8-14)22-17(13-24)26-21(31-22)19-4-3-11-30-19/h3-6,11-12,14H,7-10H2,1-2H3,(H,25,29). The van der Waals surface area contributed by atoms with E-state index in [0.717, 1.165) is 5.69 Å². The van der Waals surface area contributed by atoms with Crippen molar-refractivity contribution in [3.8, 4) is 17.7 Å². The summed E-state index contributed by atoms with van der Waals surface area (Å²) in [7, 11) is 3.83. The van der Waals surface area contributed by atoms with E-state index in [0.29, 0.717) is 48.3 Å². The number of furan rings is 1. The number of oxazole rings is 1. The van der Waals surface area contributed by atoms with Crippen LogP contribution in [0, 0.1) is 17.2 Å². The van der Waals surface area contributed by atoms with E-state index in [1.807, 2.05) is 36.0 Å². The number of hydrogen-bond acceptors (Lipinski definition) is 7. The lowest BCUT2D eigenvalue weighted by molar-refractivity contribution is -0.120. The number of amides is 1. The number of nitrogens with zero attached hydrogens (tertiary/aromatic N) is 4. The zero-order chi connectivity index (χ0) is 22.0. The molecule has 0 saturated carbocycles. The highest BCUT2D eigenvalue weighted by atomic mass is 35.5. The summed E-state index contributed by atoms with van der Waals surface area (Å²) in [4.78, 5) is 20.8. The average Bonchev–Trinajstić information content (AvgIpc) is 3.43. The molecule has 1 aliphatic heterocycles. The topological polar surface area (TPSA) is 98.5 Å². The Bertz CT molecular complexity index is 1110. The zero-order valence-electron chi connectivity index (χ0n) is 17.3. The van der Waals surface area contributed by atoms with Gasteiger partial charge in [0.2, 0.25) is 17.5 Å². The van der Waals surface area contributed by atoms with Crippen molar-refractivity contribution < 1.29 is 13.6 Å². The number of carbonyl (C=O) groups is 1. The Morgan fingerprint density at radius 3 is 2.71 bits per heavy atom. The van der Waals surface area contributed by atoms with E-state index >= 15 is 0 Å². The number of piperidine rings is 1. The fourth-order valence-electron chi connectivity index (χ4n) is 3.64. The van der Waals surface area contributed by atoms with Crippen LogP contribution >= 0.6 is 11.6 Å². The fourth-order valence-corrected chi connectivity index (χ4v) is 3.99. The van der Waals surface area contributed by atoms with Crippen LogP contribution in [0.4, 0.5) is 17.3 Å². The Morgan fingerprint density at radius 2 is 2.10 bits per heavy atom. The van der Waals surface area contributed by atoms with Gasteiger partial charge in [-0.25, -0.2) is 0 Å². The van der Waals surface area contributed by atoms with Crippen molar-refractivity contribution in [2.45, 2.75) is 12.8 Å². The van der Waals surface area contributed by atoms with Crippen LogP contribution in [0.1, 0.15) is 18.5 Å². The van der Waals surface area contributed by atoms with Crippen LogP contribution in [-0.2, 0) is 4.79 Å². The number of nitrogens with one attached hydrogen (secondary N) is 1. The Kier molecular flexibility index (Phi) is 5.87. The number of halogens is 1. The molecule has 0 atom stereocenters. The third kappa shape index (κ3) is 4.37. The van der Waals surface area contributed by atoms with Crippen LogP contribution in [0.3, 0.4) is 0 Å². The molecule has 0 unspecified atom stereocenters. The lowest BCUT2D eigenvalue weighted by Crippen LogP contribution is -2.38. The molecule has 8 nitrogen and oxygen atoms in total. The summed E-state index contributed by atoms with van der Waals surface area (Å²) in [6, 6.07) is 11.0. The van der Waals surface area contributed by atoms with Gasteiger partial charge in [-0.2, -0.15) is 10.2 Å².